The summed E-state index contributed by atoms with van der Waals surface area (Å²) >= 11 is 0. The van der Waals surface area contributed by atoms with E-state index < -0.39 is 26.3 Å². The van der Waals surface area contributed by atoms with Gasteiger partial charge in [-0.2, -0.15) is 0 Å². The summed E-state index contributed by atoms with van der Waals surface area (Å²) in [7, 11) is -1.86. The summed E-state index contributed by atoms with van der Waals surface area (Å²) in [6.45, 7) is 6.04. The van der Waals surface area contributed by atoms with Crippen molar-refractivity contribution in [3.8, 4) is 0 Å². The second-order valence-corrected chi connectivity index (χ2v) is 7.77. The van der Waals surface area contributed by atoms with Gasteiger partial charge in [0, 0.05) is 0 Å². The highest BCUT2D eigenvalue weighted by atomic mass is 31.2. The summed E-state index contributed by atoms with van der Waals surface area (Å²) in [4.78, 5) is 38.8. The molecule has 0 amide bonds. The van der Waals surface area contributed by atoms with Crippen molar-refractivity contribution in [2.24, 2.45) is 17.0 Å². The third kappa shape index (κ3) is 6.40. The average Bonchev–Trinajstić information content (AvgIpc) is 3.28. The summed E-state index contributed by atoms with van der Waals surface area (Å²) in [5.41, 5.74) is 0.608. The normalized spacial score (nSPS) is 13.8. The summed E-state index contributed by atoms with van der Waals surface area (Å²) < 4.78 is 26.5. The molecule has 28 heavy (non-hydrogen) atoms. The van der Waals surface area contributed by atoms with Crippen LogP contribution in [0.4, 0.5) is 0 Å². The van der Waals surface area contributed by atoms with Gasteiger partial charge in [0.2, 0.25) is 8.38 Å². The van der Waals surface area contributed by atoms with Crippen LogP contribution in [0.3, 0.4) is 0 Å². The fraction of sp³-hybridized carbons (Fsp3) is 0.529. The molecule has 2 heterocycles. The fourth-order valence-electron chi connectivity index (χ4n) is 1.78. The van der Waals surface area contributed by atoms with Gasteiger partial charge in [0.25, 0.3) is 0 Å². The fourth-order valence-corrected chi connectivity index (χ4v) is 2.78. The highest BCUT2D eigenvalue weighted by molar-refractivity contribution is 7.55. The van der Waals surface area contributed by atoms with Gasteiger partial charge in [-0.3, -0.25) is 18.6 Å². The Balaban J connectivity index is 2.00. The lowest BCUT2D eigenvalue weighted by atomic mass is 10.2. The molecule has 0 unspecified atom stereocenters. The largest absolute Gasteiger partial charge is 0.450 e. The molecule has 2 rings (SSSR count). The zero-order valence-electron chi connectivity index (χ0n) is 16.0. The lowest BCUT2D eigenvalue weighted by Gasteiger charge is -2.16. The number of carbonyl (C=O) groups excluding carboxylic acids is 3. The molecular weight excluding hydrogens is 393 g/mol. The third-order valence-corrected chi connectivity index (χ3v) is 4.59. The van der Waals surface area contributed by atoms with Crippen LogP contribution in [0.25, 0.3) is 0 Å². The first-order valence-corrected chi connectivity index (χ1v) is 9.71. The first-order chi connectivity index (χ1) is 13.3. The zero-order chi connectivity index (χ0) is 20.7. The molecule has 0 fully saturated rings. The maximum Gasteiger partial charge on any atom is 0.341 e. The van der Waals surface area contributed by atoms with Gasteiger partial charge in [-0.15, -0.1) is 0 Å². The van der Waals surface area contributed by atoms with Gasteiger partial charge >= 0.3 is 17.9 Å². The molecule has 154 valence electrons. The van der Waals surface area contributed by atoms with Crippen LogP contribution in [-0.4, -0.2) is 37.2 Å². The Morgan fingerprint density at radius 1 is 1.07 bits per heavy atom. The van der Waals surface area contributed by atoms with E-state index >= 15 is 0 Å². The molecule has 1 aromatic heterocycles. The number of hydrogen-bond donors (Lipinski definition) is 0. The van der Waals surface area contributed by atoms with Gasteiger partial charge in [-0.25, -0.2) is 4.79 Å². The average molecular weight is 415 g/mol. The molecule has 0 spiro atoms. The predicted octanol–water partition coefficient (Wildman–Crippen LogP) is 2.21. The highest BCUT2D eigenvalue weighted by Crippen LogP contribution is 2.38. The van der Waals surface area contributed by atoms with E-state index in [4.69, 9.17) is 22.9 Å². The first-order valence-electron chi connectivity index (χ1n) is 8.54. The number of furan rings is 1. The van der Waals surface area contributed by atoms with E-state index in [1.54, 1.807) is 39.8 Å². The molecule has 0 saturated heterocycles. The van der Waals surface area contributed by atoms with Crippen molar-refractivity contribution in [3.63, 3.8) is 0 Å². The van der Waals surface area contributed by atoms with E-state index in [9.17, 15) is 14.4 Å². The van der Waals surface area contributed by atoms with Gasteiger partial charge in [-0.1, -0.05) is 32.9 Å². The summed E-state index contributed by atoms with van der Waals surface area (Å²) in [5, 5.41) is 3.63. The standard InChI is InChI=1S/C17H22NO9P/c1-10(2)16(20)22-8-24-28(25-9-23-17(21)11(3)4)15-6-5-13(26-15)12-7-14(19)27-18-12/h5-6,10-11H,7-9H2,1-4H3. The summed E-state index contributed by atoms with van der Waals surface area (Å²) in [6, 6.07) is 3.15. The summed E-state index contributed by atoms with van der Waals surface area (Å²) in [6.07, 6.45) is -0.00933. The van der Waals surface area contributed by atoms with Gasteiger partial charge in [-0.05, 0) is 12.1 Å². The van der Waals surface area contributed by atoms with Gasteiger partial charge < -0.3 is 18.7 Å². The van der Waals surface area contributed by atoms with E-state index in [0.717, 1.165) is 0 Å². The van der Waals surface area contributed by atoms with Crippen molar-refractivity contribution < 1.29 is 42.2 Å². The topological polar surface area (TPSA) is 123 Å². The maximum atomic E-state index is 11.6. The Hall–Kier alpha value is -2.29. The number of oxime groups is 1. The number of rotatable bonds is 10. The number of hydrogen-bond acceptors (Lipinski definition) is 10. The van der Waals surface area contributed by atoms with E-state index in [0.29, 0.717) is 11.5 Å². The molecule has 0 radical (unpaired) electrons. The highest BCUT2D eigenvalue weighted by Gasteiger charge is 2.26. The molecular formula is C17H22NO9P. The zero-order valence-corrected chi connectivity index (χ0v) is 16.9. The van der Waals surface area contributed by atoms with Crippen molar-refractivity contribution in [2.45, 2.75) is 34.1 Å². The van der Waals surface area contributed by atoms with Crippen LogP contribution >= 0.6 is 8.38 Å². The molecule has 0 saturated carbocycles. The second kappa shape index (κ2) is 10.3. The van der Waals surface area contributed by atoms with Crippen LogP contribution in [0.1, 0.15) is 39.9 Å². The van der Waals surface area contributed by atoms with Gasteiger partial charge in [0.1, 0.15) is 5.71 Å². The molecule has 11 heteroatoms. The quantitative estimate of drug-likeness (QED) is 0.245. The van der Waals surface area contributed by atoms with Crippen molar-refractivity contribution in [3.05, 3.63) is 17.9 Å². The number of esters is 2. The number of nitrogens with zero attached hydrogens (tertiary/aromatic N) is 1. The van der Waals surface area contributed by atoms with Crippen molar-refractivity contribution in [1.82, 2.24) is 0 Å². The van der Waals surface area contributed by atoms with Gasteiger partial charge in [0.15, 0.2) is 24.8 Å². The number of carbonyl (C=O) groups is 3. The van der Waals surface area contributed by atoms with Crippen LogP contribution in [0.5, 0.6) is 0 Å². The molecule has 1 aliphatic rings. The van der Waals surface area contributed by atoms with E-state index in [1.807, 2.05) is 0 Å². The maximum absolute atomic E-state index is 11.6. The number of ether oxygens (including phenoxy) is 2. The van der Waals surface area contributed by atoms with Crippen LogP contribution in [0.15, 0.2) is 21.7 Å². The van der Waals surface area contributed by atoms with Crippen LogP contribution in [-0.2, 0) is 37.7 Å². The minimum Gasteiger partial charge on any atom is -0.450 e. The molecule has 0 aromatic carbocycles. The van der Waals surface area contributed by atoms with Crippen molar-refractivity contribution in [2.75, 3.05) is 13.6 Å². The second-order valence-electron chi connectivity index (χ2n) is 6.30. The first kappa shape index (κ1) is 22.0. The Morgan fingerprint density at radius 3 is 2.11 bits per heavy atom. The summed E-state index contributed by atoms with van der Waals surface area (Å²) in [5.74, 6) is -1.65. The Kier molecular flexibility index (Phi) is 8.10. The Morgan fingerprint density at radius 2 is 1.64 bits per heavy atom. The van der Waals surface area contributed by atoms with Crippen LogP contribution < -0.4 is 5.50 Å². The Bertz CT molecular complexity index is 715. The SMILES string of the molecule is CC(C)C(=O)OCOP(OCOC(=O)C(C)C)c1ccc(C2=NOC(=O)C2)o1. The molecule has 1 aliphatic heterocycles. The third-order valence-electron chi connectivity index (χ3n) is 3.31. The molecule has 1 aromatic rings. The molecule has 0 N–H and O–H groups in total. The predicted molar refractivity (Wildman–Crippen MR) is 96.3 cm³/mol. The lowest BCUT2D eigenvalue weighted by molar-refractivity contribution is -0.155. The van der Waals surface area contributed by atoms with E-state index in [2.05, 4.69) is 9.99 Å². The molecule has 0 aliphatic carbocycles. The van der Waals surface area contributed by atoms with Crippen LogP contribution in [0.2, 0.25) is 0 Å². The minimum atomic E-state index is -1.86. The van der Waals surface area contributed by atoms with Crippen molar-refractivity contribution >= 4 is 37.5 Å². The molecule has 0 atom stereocenters. The monoisotopic (exact) mass is 415 g/mol. The lowest BCUT2D eigenvalue weighted by Crippen LogP contribution is -2.17. The molecule has 10 nitrogen and oxygen atoms in total. The van der Waals surface area contributed by atoms with Crippen molar-refractivity contribution in [1.29, 1.82) is 0 Å². The smallest absolute Gasteiger partial charge is 0.341 e. The van der Waals surface area contributed by atoms with E-state index in [1.165, 1.54) is 0 Å². The van der Waals surface area contributed by atoms with Crippen LogP contribution in [0, 0.1) is 11.8 Å². The van der Waals surface area contributed by atoms with E-state index in [-0.39, 0.29) is 37.3 Å². The van der Waals surface area contributed by atoms with Gasteiger partial charge in [0.05, 0.1) is 18.3 Å². The Labute approximate surface area is 163 Å². The minimum absolute atomic E-state index is 0.00933. The molecule has 0 bridgehead atoms.